The van der Waals surface area contributed by atoms with Gasteiger partial charge in [0.25, 0.3) is 0 Å². The van der Waals surface area contributed by atoms with E-state index in [9.17, 15) is 22.8 Å². The fourth-order valence-electron chi connectivity index (χ4n) is 4.62. The Morgan fingerprint density at radius 2 is 1.84 bits per heavy atom. The first-order valence-electron chi connectivity index (χ1n) is 12.1. The number of amides is 3. The van der Waals surface area contributed by atoms with Gasteiger partial charge in [0.05, 0.1) is 11.4 Å². The molecule has 0 aliphatic carbocycles. The fourth-order valence-corrected chi connectivity index (χ4v) is 6.42. The van der Waals surface area contributed by atoms with Crippen LogP contribution in [0.3, 0.4) is 0 Å². The number of aromatic nitrogens is 1. The number of benzene rings is 2. The highest BCUT2D eigenvalue weighted by Crippen LogP contribution is 2.29. The highest BCUT2D eigenvalue weighted by Gasteiger charge is 2.45. The molecule has 2 unspecified atom stereocenters. The third-order valence-electron chi connectivity index (χ3n) is 6.53. The number of hydrogen-bond acceptors (Lipinski definition) is 6. The summed E-state index contributed by atoms with van der Waals surface area (Å²) in [7, 11) is -4.29. The molecule has 2 heterocycles. The molecule has 3 aromatic rings. The number of carbonyl (C=O) groups is 3. The molecule has 200 valence electrons. The Morgan fingerprint density at radius 3 is 2.53 bits per heavy atom. The van der Waals surface area contributed by atoms with E-state index >= 15 is 0 Å². The van der Waals surface area contributed by atoms with Crippen molar-refractivity contribution < 1.29 is 22.8 Å². The maximum Gasteiger partial charge on any atom is 0.244 e. The van der Waals surface area contributed by atoms with Gasteiger partial charge in [-0.25, -0.2) is 8.42 Å². The quantitative estimate of drug-likeness (QED) is 0.390. The number of carbonyl (C=O) groups excluding carboxylic acids is 3. The lowest BCUT2D eigenvalue weighted by molar-refractivity contribution is -0.139. The van der Waals surface area contributed by atoms with Crippen LogP contribution in [0.2, 0.25) is 5.02 Å². The van der Waals surface area contributed by atoms with Gasteiger partial charge in [0.1, 0.15) is 12.1 Å². The van der Waals surface area contributed by atoms with Crippen LogP contribution in [-0.2, 0) is 31.0 Å². The molecule has 2 atom stereocenters. The van der Waals surface area contributed by atoms with E-state index in [1.165, 1.54) is 17.0 Å². The van der Waals surface area contributed by atoms with Gasteiger partial charge in [0, 0.05) is 30.5 Å². The molecule has 0 radical (unpaired) electrons. The zero-order valence-electron chi connectivity index (χ0n) is 20.7. The number of nitrogens with two attached hydrogens (primary N) is 1. The molecular formula is C26H28ClN5O5S. The fraction of sp³-hybridized carbons (Fsp3) is 0.308. The summed E-state index contributed by atoms with van der Waals surface area (Å²) in [6.07, 6.45) is 3.68. The standard InChI is InChI=1S/C26H28ClN5O5S/c1-2-22(25(34)30-15-17-7-10-29-11-8-17)31-12-9-23(26(31)35)32(16-24(28)33)38(36,37)21-6-4-18-13-20(27)5-3-19(18)14-21/h3-8,10-11,13-14,22-23H,2,9,12,15-16H2,1H3,(H2,28,33)(H,30,34). The predicted octanol–water partition coefficient (Wildman–Crippen LogP) is 2.06. The summed E-state index contributed by atoms with van der Waals surface area (Å²) in [4.78, 5) is 43.6. The van der Waals surface area contributed by atoms with E-state index in [4.69, 9.17) is 17.3 Å². The van der Waals surface area contributed by atoms with Crippen LogP contribution in [0.1, 0.15) is 25.3 Å². The zero-order chi connectivity index (χ0) is 27.4. The van der Waals surface area contributed by atoms with Gasteiger partial charge in [-0.2, -0.15) is 4.31 Å². The Labute approximate surface area is 225 Å². The third-order valence-corrected chi connectivity index (χ3v) is 8.62. The van der Waals surface area contributed by atoms with Crippen LogP contribution in [0.4, 0.5) is 0 Å². The number of nitrogens with one attached hydrogen (secondary N) is 1. The van der Waals surface area contributed by atoms with E-state index < -0.39 is 40.5 Å². The number of likely N-dealkylation sites (tertiary alicyclic amines) is 1. The molecule has 3 amide bonds. The Hall–Kier alpha value is -3.54. The second kappa shape index (κ2) is 11.5. The number of primary amides is 1. The van der Waals surface area contributed by atoms with Crippen LogP contribution in [0.5, 0.6) is 0 Å². The van der Waals surface area contributed by atoms with Crippen LogP contribution in [0.25, 0.3) is 10.8 Å². The maximum atomic E-state index is 13.7. The molecule has 3 N–H and O–H groups in total. The van der Waals surface area contributed by atoms with Crippen LogP contribution in [0, 0.1) is 0 Å². The molecule has 0 spiro atoms. The Morgan fingerprint density at radius 1 is 1.16 bits per heavy atom. The van der Waals surface area contributed by atoms with Gasteiger partial charge in [-0.3, -0.25) is 19.4 Å². The molecule has 1 aliphatic rings. The number of pyridine rings is 1. The van der Waals surface area contributed by atoms with Crippen molar-refractivity contribution in [2.24, 2.45) is 5.73 Å². The van der Waals surface area contributed by atoms with Gasteiger partial charge in [0.2, 0.25) is 27.7 Å². The summed E-state index contributed by atoms with van der Waals surface area (Å²) in [5.74, 6) is -1.79. The molecule has 0 bridgehead atoms. The second-order valence-corrected chi connectivity index (χ2v) is 11.3. The predicted molar refractivity (Wildman–Crippen MR) is 142 cm³/mol. The minimum absolute atomic E-state index is 0.0815. The van der Waals surface area contributed by atoms with Gasteiger partial charge in [-0.15, -0.1) is 0 Å². The van der Waals surface area contributed by atoms with E-state index in [0.29, 0.717) is 16.8 Å². The number of halogens is 1. The van der Waals surface area contributed by atoms with E-state index in [1.807, 2.05) is 0 Å². The molecule has 1 saturated heterocycles. The summed E-state index contributed by atoms with van der Waals surface area (Å²) in [6, 6.07) is 11.1. The normalized spacial score (nSPS) is 16.7. The first-order valence-corrected chi connectivity index (χ1v) is 13.9. The van der Waals surface area contributed by atoms with Crippen molar-refractivity contribution >= 4 is 50.1 Å². The SMILES string of the molecule is CCC(C(=O)NCc1ccncc1)N1CCC(N(CC(N)=O)S(=O)(=O)c2ccc3cc(Cl)ccc3c2)C1=O. The topological polar surface area (TPSA) is 143 Å². The molecular weight excluding hydrogens is 530 g/mol. The highest BCUT2D eigenvalue weighted by molar-refractivity contribution is 7.89. The highest BCUT2D eigenvalue weighted by atomic mass is 35.5. The molecule has 10 nitrogen and oxygen atoms in total. The van der Waals surface area contributed by atoms with Crippen LogP contribution < -0.4 is 11.1 Å². The summed E-state index contributed by atoms with van der Waals surface area (Å²) >= 11 is 6.03. The summed E-state index contributed by atoms with van der Waals surface area (Å²) in [6.45, 7) is 1.52. The molecule has 0 saturated carbocycles. The lowest BCUT2D eigenvalue weighted by Gasteiger charge is -2.29. The van der Waals surface area contributed by atoms with Crippen LogP contribution in [-0.4, -0.2) is 65.5 Å². The third kappa shape index (κ3) is 5.79. The smallest absolute Gasteiger partial charge is 0.244 e. The monoisotopic (exact) mass is 557 g/mol. The van der Waals surface area contributed by atoms with Crippen LogP contribution >= 0.6 is 11.6 Å². The minimum atomic E-state index is -4.29. The Balaban J connectivity index is 1.57. The van der Waals surface area contributed by atoms with E-state index in [0.717, 1.165) is 15.3 Å². The second-order valence-electron chi connectivity index (χ2n) is 9.00. The van der Waals surface area contributed by atoms with Gasteiger partial charge < -0.3 is 16.0 Å². The first kappa shape index (κ1) is 27.5. The van der Waals surface area contributed by atoms with E-state index in [-0.39, 0.29) is 30.3 Å². The minimum Gasteiger partial charge on any atom is -0.369 e. The molecule has 1 fully saturated rings. The molecule has 4 rings (SSSR count). The van der Waals surface area contributed by atoms with Gasteiger partial charge in [-0.1, -0.05) is 30.7 Å². The van der Waals surface area contributed by atoms with Crippen LogP contribution in [0.15, 0.2) is 65.8 Å². The van der Waals surface area contributed by atoms with Crippen molar-refractivity contribution in [3.63, 3.8) is 0 Å². The van der Waals surface area contributed by atoms with Crippen molar-refractivity contribution in [1.29, 1.82) is 0 Å². The number of rotatable bonds is 10. The van der Waals surface area contributed by atoms with Gasteiger partial charge in [-0.05, 0) is 65.6 Å². The number of fused-ring (bicyclic) bond motifs is 1. The van der Waals surface area contributed by atoms with Crippen molar-refractivity contribution in [1.82, 2.24) is 19.5 Å². The molecule has 1 aromatic heterocycles. The lowest BCUT2D eigenvalue weighted by atomic mass is 10.1. The van der Waals surface area contributed by atoms with Crippen molar-refractivity contribution in [2.45, 2.75) is 43.3 Å². The first-order chi connectivity index (χ1) is 18.1. The molecule has 1 aliphatic heterocycles. The lowest BCUT2D eigenvalue weighted by Crippen LogP contribution is -2.52. The Kier molecular flexibility index (Phi) is 8.29. The van der Waals surface area contributed by atoms with Gasteiger partial charge in [0.15, 0.2) is 0 Å². The summed E-state index contributed by atoms with van der Waals surface area (Å²) in [5.41, 5.74) is 6.25. The number of hydrogen-bond donors (Lipinski definition) is 2. The Bertz CT molecular complexity index is 1470. The van der Waals surface area contributed by atoms with Crippen molar-refractivity contribution in [3.05, 3.63) is 71.5 Å². The summed E-state index contributed by atoms with van der Waals surface area (Å²) in [5, 5.41) is 4.71. The van der Waals surface area contributed by atoms with E-state index in [1.54, 1.807) is 55.7 Å². The summed E-state index contributed by atoms with van der Waals surface area (Å²) < 4.78 is 28.2. The largest absolute Gasteiger partial charge is 0.369 e. The van der Waals surface area contributed by atoms with Crippen molar-refractivity contribution in [2.75, 3.05) is 13.1 Å². The van der Waals surface area contributed by atoms with E-state index in [2.05, 4.69) is 10.3 Å². The van der Waals surface area contributed by atoms with Gasteiger partial charge >= 0.3 is 0 Å². The maximum absolute atomic E-state index is 13.7. The average Bonchev–Trinajstić information content (AvgIpc) is 3.26. The number of sulfonamides is 1. The number of nitrogens with zero attached hydrogens (tertiary/aromatic N) is 3. The van der Waals surface area contributed by atoms with Crippen molar-refractivity contribution in [3.8, 4) is 0 Å². The molecule has 12 heteroatoms. The average molecular weight is 558 g/mol. The zero-order valence-corrected chi connectivity index (χ0v) is 22.3. The molecule has 2 aromatic carbocycles. The molecule has 38 heavy (non-hydrogen) atoms.